The van der Waals surface area contributed by atoms with Gasteiger partial charge in [0.25, 0.3) is 0 Å². The molecule has 2 rings (SSSR count). The molecule has 0 radical (unpaired) electrons. The molecule has 0 heterocycles. The van der Waals surface area contributed by atoms with Crippen molar-refractivity contribution in [1.82, 2.24) is 0 Å². The molecule has 2 nitrogen and oxygen atoms in total. The number of carbonyl (C=O) groups excluding carboxylic acids is 1. The number of ketones is 1. The van der Waals surface area contributed by atoms with E-state index in [2.05, 4.69) is 6.92 Å². The summed E-state index contributed by atoms with van der Waals surface area (Å²) in [7, 11) is 0. The lowest BCUT2D eigenvalue weighted by Crippen LogP contribution is -2.48. The van der Waals surface area contributed by atoms with Gasteiger partial charge in [-0.15, -0.1) is 0 Å². The molecule has 0 saturated heterocycles. The van der Waals surface area contributed by atoms with Crippen molar-refractivity contribution in [2.24, 2.45) is 11.8 Å². The Morgan fingerprint density at radius 2 is 1.76 bits per heavy atom. The van der Waals surface area contributed by atoms with Gasteiger partial charge >= 0.3 is 0 Å². The van der Waals surface area contributed by atoms with Crippen LogP contribution >= 0.6 is 0 Å². The van der Waals surface area contributed by atoms with Crippen LogP contribution in [-0.2, 0) is 4.79 Å². The molecule has 0 aromatic heterocycles. The first kappa shape index (κ1) is 13.1. The Hall–Kier alpha value is -0.370. The first-order chi connectivity index (χ1) is 8.12. The minimum atomic E-state index is -0.675. The molecule has 0 aliphatic heterocycles. The number of hydrogen-bond acceptors (Lipinski definition) is 2. The fourth-order valence-electron chi connectivity index (χ4n) is 3.80. The third-order valence-electron chi connectivity index (χ3n) is 4.64. The van der Waals surface area contributed by atoms with E-state index in [9.17, 15) is 9.90 Å². The molecule has 2 fully saturated rings. The standard InChI is InChI=1S/C15H26O2/c1-12-10-14(16)13-8-6-4-2-3-5-7-9-15(13,17)11-12/h12-13,17H,2-11H2,1H3/t12-,13-,15+/m0/s1. The van der Waals surface area contributed by atoms with Gasteiger partial charge in [-0.2, -0.15) is 0 Å². The molecule has 0 aromatic carbocycles. The van der Waals surface area contributed by atoms with E-state index in [0.29, 0.717) is 18.1 Å². The highest BCUT2D eigenvalue weighted by Gasteiger charge is 2.45. The molecule has 0 spiro atoms. The second kappa shape index (κ2) is 5.51. The smallest absolute Gasteiger partial charge is 0.139 e. The number of aliphatic hydroxyl groups is 1. The van der Waals surface area contributed by atoms with Crippen molar-refractivity contribution in [3.05, 3.63) is 0 Å². The van der Waals surface area contributed by atoms with Crippen molar-refractivity contribution < 1.29 is 9.90 Å². The second-order valence-corrected chi connectivity index (χ2v) is 6.30. The second-order valence-electron chi connectivity index (χ2n) is 6.30. The number of Topliss-reactive ketones (excluding diaryl/α,β-unsaturated/α-hetero) is 1. The molecular formula is C15H26O2. The van der Waals surface area contributed by atoms with Gasteiger partial charge in [0.1, 0.15) is 5.78 Å². The Balaban J connectivity index is 2.10. The number of rotatable bonds is 0. The van der Waals surface area contributed by atoms with Gasteiger partial charge in [0.15, 0.2) is 0 Å². The van der Waals surface area contributed by atoms with E-state index < -0.39 is 5.60 Å². The van der Waals surface area contributed by atoms with Gasteiger partial charge in [-0.05, 0) is 25.2 Å². The molecule has 0 amide bonds. The SMILES string of the molecule is C[C@H]1CC(=O)[C@@H]2CCCCCCCC[C@@]2(O)C1. The number of carbonyl (C=O) groups is 1. The van der Waals surface area contributed by atoms with Gasteiger partial charge in [0, 0.05) is 12.3 Å². The molecule has 2 heteroatoms. The topological polar surface area (TPSA) is 37.3 Å². The van der Waals surface area contributed by atoms with Crippen LogP contribution in [0.25, 0.3) is 0 Å². The number of hydrogen-bond donors (Lipinski definition) is 1. The van der Waals surface area contributed by atoms with Gasteiger partial charge in [-0.1, -0.05) is 45.4 Å². The quantitative estimate of drug-likeness (QED) is 0.701. The molecule has 2 aliphatic carbocycles. The zero-order valence-corrected chi connectivity index (χ0v) is 11.1. The summed E-state index contributed by atoms with van der Waals surface area (Å²) in [5, 5.41) is 10.8. The molecular weight excluding hydrogens is 212 g/mol. The summed E-state index contributed by atoms with van der Waals surface area (Å²) in [4.78, 5) is 12.1. The third-order valence-corrected chi connectivity index (χ3v) is 4.64. The molecule has 2 aliphatic rings. The third kappa shape index (κ3) is 3.09. The summed E-state index contributed by atoms with van der Waals surface area (Å²) in [5.41, 5.74) is -0.675. The van der Waals surface area contributed by atoms with Crippen LogP contribution in [0.5, 0.6) is 0 Å². The maximum absolute atomic E-state index is 12.1. The van der Waals surface area contributed by atoms with E-state index >= 15 is 0 Å². The first-order valence-electron chi connectivity index (χ1n) is 7.37. The van der Waals surface area contributed by atoms with E-state index in [-0.39, 0.29) is 5.92 Å². The van der Waals surface area contributed by atoms with Crippen molar-refractivity contribution in [2.45, 2.75) is 76.7 Å². The minimum absolute atomic E-state index is 0.0585. The molecule has 3 atom stereocenters. The summed E-state index contributed by atoms with van der Waals surface area (Å²) >= 11 is 0. The molecule has 17 heavy (non-hydrogen) atoms. The molecule has 98 valence electrons. The van der Waals surface area contributed by atoms with Crippen LogP contribution in [0.15, 0.2) is 0 Å². The first-order valence-corrected chi connectivity index (χ1v) is 7.37. The van der Waals surface area contributed by atoms with Crippen LogP contribution in [0, 0.1) is 11.8 Å². The highest BCUT2D eigenvalue weighted by Crippen LogP contribution is 2.41. The molecule has 2 saturated carbocycles. The largest absolute Gasteiger partial charge is 0.389 e. The Labute approximate surface area is 105 Å². The van der Waals surface area contributed by atoms with Crippen LogP contribution in [-0.4, -0.2) is 16.5 Å². The summed E-state index contributed by atoms with van der Waals surface area (Å²) in [6.45, 7) is 2.10. The summed E-state index contributed by atoms with van der Waals surface area (Å²) in [5.74, 6) is 0.635. The lowest BCUT2D eigenvalue weighted by molar-refractivity contribution is -0.144. The Morgan fingerprint density at radius 1 is 1.12 bits per heavy atom. The van der Waals surface area contributed by atoms with Gasteiger partial charge in [0.05, 0.1) is 5.60 Å². The van der Waals surface area contributed by atoms with Crippen LogP contribution in [0.2, 0.25) is 0 Å². The maximum Gasteiger partial charge on any atom is 0.139 e. The predicted molar refractivity (Wildman–Crippen MR) is 68.8 cm³/mol. The fraction of sp³-hybridized carbons (Fsp3) is 0.933. The summed E-state index contributed by atoms with van der Waals surface area (Å²) < 4.78 is 0. The van der Waals surface area contributed by atoms with Crippen molar-refractivity contribution in [2.75, 3.05) is 0 Å². The zero-order chi connectivity index (χ0) is 12.3. The fourth-order valence-corrected chi connectivity index (χ4v) is 3.80. The predicted octanol–water partition coefficient (Wildman–Crippen LogP) is 3.47. The van der Waals surface area contributed by atoms with Crippen molar-refractivity contribution in [3.8, 4) is 0 Å². The van der Waals surface area contributed by atoms with Crippen molar-refractivity contribution in [1.29, 1.82) is 0 Å². The Morgan fingerprint density at radius 3 is 2.53 bits per heavy atom. The van der Waals surface area contributed by atoms with E-state index in [4.69, 9.17) is 0 Å². The summed E-state index contributed by atoms with van der Waals surface area (Å²) in [6.07, 6.45) is 10.5. The normalized spacial score (nSPS) is 40.7. The molecule has 1 N–H and O–H groups in total. The monoisotopic (exact) mass is 238 g/mol. The van der Waals surface area contributed by atoms with Gasteiger partial charge in [-0.3, -0.25) is 4.79 Å². The van der Waals surface area contributed by atoms with Crippen LogP contribution < -0.4 is 0 Å². The van der Waals surface area contributed by atoms with Crippen molar-refractivity contribution in [3.63, 3.8) is 0 Å². The summed E-state index contributed by atoms with van der Waals surface area (Å²) in [6, 6.07) is 0. The van der Waals surface area contributed by atoms with E-state index in [1.165, 1.54) is 25.7 Å². The Bertz CT molecular complexity index is 274. The number of fused-ring (bicyclic) bond motifs is 1. The van der Waals surface area contributed by atoms with Gasteiger partial charge in [-0.25, -0.2) is 0 Å². The maximum atomic E-state index is 12.1. The van der Waals surface area contributed by atoms with Crippen LogP contribution in [0.3, 0.4) is 0 Å². The zero-order valence-electron chi connectivity index (χ0n) is 11.1. The minimum Gasteiger partial charge on any atom is -0.389 e. The lowest BCUT2D eigenvalue weighted by Gasteiger charge is -2.42. The van der Waals surface area contributed by atoms with E-state index in [1.54, 1.807) is 0 Å². The molecule has 0 bridgehead atoms. The average molecular weight is 238 g/mol. The molecule has 0 aromatic rings. The van der Waals surface area contributed by atoms with Crippen molar-refractivity contribution >= 4 is 5.78 Å². The van der Waals surface area contributed by atoms with Crippen LogP contribution in [0.4, 0.5) is 0 Å². The lowest BCUT2D eigenvalue weighted by atomic mass is 9.66. The van der Waals surface area contributed by atoms with Crippen LogP contribution in [0.1, 0.15) is 71.1 Å². The Kier molecular flexibility index (Phi) is 4.24. The average Bonchev–Trinajstić information content (AvgIpc) is 2.25. The highest BCUT2D eigenvalue weighted by molar-refractivity contribution is 5.83. The molecule has 0 unspecified atom stereocenters. The van der Waals surface area contributed by atoms with E-state index in [0.717, 1.165) is 32.1 Å². The van der Waals surface area contributed by atoms with Gasteiger partial charge in [0.2, 0.25) is 0 Å². The van der Waals surface area contributed by atoms with E-state index in [1.807, 2.05) is 0 Å². The highest BCUT2D eigenvalue weighted by atomic mass is 16.3. The van der Waals surface area contributed by atoms with Gasteiger partial charge < -0.3 is 5.11 Å².